The van der Waals surface area contributed by atoms with Crippen LogP contribution >= 0.6 is 11.8 Å². The van der Waals surface area contributed by atoms with Crippen molar-refractivity contribution in [2.75, 3.05) is 26.3 Å². The van der Waals surface area contributed by atoms with Crippen molar-refractivity contribution in [3.8, 4) is 0 Å². The van der Waals surface area contributed by atoms with Crippen molar-refractivity contribution in [3.63, 3.8) is 0 Å². The van der Waals surface area contributed by atoms with Gasteiger partial charge in [0.1, 0.15) is 11.5 Å². The first-order chi connectivity index (χ1) is 10.7. The second-order valence-corrected chi connectivity index (χ2v) is 6.61. The first-order valence-electron chi connectivity index (χ1n) is 7.63. The number of hydrogen-bond donors (Lipinski definition) is 0. The molecule has 22 heavy (non-hydrogen) atoms. The lowest BCUT2D eigenvalue weighted by molar-refractivity contribution is -0.0968. The minimum absolute atomic E-state index is 0.125. The van der Waals surface area contributed by atoms with E-state index in [4.69, 9.17) is 13.9 Å². The van der Waals surface area contributed by atoms with Crippen LogP contribution in [-0.2, 0) is 21.8 Å². The molecule has 4 nitrogen and oxygen atoms in total. The molecule has 2 atom stereocenters. The molecule has 3 rings (SSSR count). The van der Waals surface area contributed by atoms with E-state index in [-0.39, 0.29) is 18.0 Å². The molecule has 0 aliphatic carbocycles. The van der Waals surface area contributed by atoms with E-state index in [2.05, 4.69) is 4.90 Å². The molecule has 3 heterocycles. The predicted octanol–water partition coefficient (Wildman–Crippen LogP) is 3.12. The molecule has 0 bridgehead atoms. The van der Waals surface area contributed by atoms with Crippen LogP contribution < -0.4 is 0 Å². The SMILES string of the molecule is FC(F)SCc1ccc(CN2CCO[C@@H]([C@@H]3CCCO3)C2)o1. The molecule has 0 unspecified atom stereocenters. The number of furan rings is 1. The molecule has 2 saturated heterocycles. The zero-order valence-electron chi connectivity index (χ0n) is 12.4. The Morgan fingerprint density at radius 2 is 2.00 bits per heavy atom. The Morgan fingerprint density at radius 1 is 1.18 bits per heavy atom. The number of alkyl halides is 2. The fraction of sp³-hybridized carbons (Fsp3) is 0.733. The highest BCUT2D eigenvalue weighted by Crippen LogP contribution is 2.24. The highest BCUT2D eigenvalue weighted by Gasteiger charge is 2.31. The number of halogens is 2. The lowest BCUT2D eigenvalue weighted by atomic mass is 10.1. The first kappa shape index (κ1) is 16.2. The Morgan fingerprint density at radius 3 is 2.77 bits per heavy atom. The van der Waals surface area contributed by atoms with Gasteiger partial charge in [0.15, 0.2) is 0 Å². The maximum absolute atomic E-state index is 12.2. The van der Waals surface area contributed by atoms with E-state index < -0.39 is 5.76 Å². The summed E-state index contributed by atoms with van der Waals surface area (Å²) in [5.74, 6) is -0.735. The van der Waals surface area contributed by atoms with E-state index in [9.17, 15) is 8.78 Å². The highest BCUT2D eigenvalue weighted by molar-refractivity contribution is 7.98. The monoisotopic (exact) mass is 333 g/mol. The number of rotatable bonds is 6. The van der Waals surface area contributed by atoms with Gasteiger partial charge in [0.05, 0.1) is 31.1 Å². The lowest BCUT2D eigenvalue weighted by Crippen LogP contribution is -2.47. The van der Waals surface area contributed by atoms with Crippen LogP contribution in [0.4, 0.5) is 8.78 Å². The second kappa shape index (κ2) is 7.77. The molecule has 0 saturated carbocycles. The molecule has 124 valence electrons. The third-order valence-corrected chi connectivity index (χ3v) is 4.71. The summed E-state index contributed by atoms with van der Waals surface area (Å²) in [5.41, 5.74) is 0. The molecule has 0 amide bonds. The fourth-order valence-corrected chi connectivity index (χ4v) is 3.39. The van der Waals surface area contributed by atoms with Gasteiger partial charge < -0.3 is 13.9 Å². The Kier molecular flexibility index (Phi) is 5.73. The van der Waals surface area contributed by atoms with E-state index in [1.54, 1.807) is 6.07 Å². The van der Waals surface area contributed by atoms with Gasteiger partial charge in [-0.1, -0.05) is 11.8 Å². The van der Waals surface area contributed by atoms with E-state index in [0.717, 1.165) is 38.3 Å². The number of hydrogen-bond acceptors (Lipinski definition) is 5. The summed E-state index contributed by atoms with van der Waals surface area (Å²) in [4.78, 5) is 2.28. The smallest absolute Gasteiger partial charge is 0.284 e. The zero-order valence-corrected chi connectivity index (χ0v) is 13.2. The average Bonchev–Trinajstić information content (AvgIpc) is 3.17. The standard InChI is InChI=1S/C15H21F2NO3S/c16-15(17)22-10-12-4-3-11(21-12)8-18-5-7-20-14(9-18)13-2-1-6-19-13/h3-4,13-15H,1-2,5-10H2/t13-,14+/m0/s1. The van der Waals surface area contributed by atoms with Crippen LogP contribution in [0.3, 0.4) is 0 Å². The number of thioether (sulfide) groups is 1. The van der Waals surface area contributed by atoms with Crippen LogP contribution in [0.25, 0.3) is 0 Å². The van der Waals surface area contributed by atoms with E-state index in [1.165, 1.54) is 0 Å². The molecule has 0 N–H and O–H groups in total. The Hall–Kier alpha value is -0.630. The van der Waals surface area contributed by atoms with E-state index in [1.807, 2.05) is 6.07 Å². The quantitative estimate of drug-likeness (QED) is 0.799. The minimum atomic E-state index is -2.36. The van der Waals surface area contributed by atoms with Crippen LogP contribution in [0, 0.1) is 0 Å². The molecular formula is C15H21F2NO3S. The van der Waals surface area contributed by atoms with Crippen molar-refractivity contribution in [3.05, 3.63) is 23.7 Å². The number of ether oxygens (including phenoxy) is 2. The highest BCUT2D eigenvalue weighted by atomic mass is 32.2. The van der Waals surface area contributed by atoms with Crippen molar-refractivity contribution < 1.29 is 22.7 Å². The topological polar surface area (TPSA) is 34.8 Å². The van der Waals surface area contributed by atoms with Crippen LogP contribution in [-0.4, -0.2) is 49.2 Å². The van der Waals surface area contributed by atoms with Gasteiger partial charge in [-0.15, -0.1) is 0 Å². The largest absolute Gasteiger partial charge is 0.464 e. The second-order valence-electron chi connectivity index (χ2n) is 5.64. The molecule has 2 aliphatic heterocycles. The normalized spacial score (nSPS) is 26.9. The van der Waals surface area contributed by atoms with Crippen molar-refractivity contribution >= 4 is 11.8 Å². The van der Waals surface area contributed by atoms with Crippen molar-refractivity contribution in [2.45, 2.75) is 43.1 Å². The maximum atomic E-state index is 12.2. The summed E-state index contributed by atoms with van der Waals surface area (Å²) in [6.45, 7) is 3.89. The Balaban J connectivity index is 1.49. The van der Waals surface area contributed by atoms with E-state index >= 15 is 0 Å². The molecule has 0 aromatic carbocycles. The number of nitrogens with zero attached hydrogens (tertiary/aromatic N) is 1. The van der Waals surface area contributed by atoms with Gasteiger partial charge >= 0.3 is 0 Å². The van der Waals surface area contributed by atoms with Crippen LogP contribution in [0.15, 0.2) is 16.5 Å². The van der Waals surface area contributed by atoms with Gasteiger partial charge in [-0.05, 0) is 25.0 Å². The van der Waals surface area contributed by atoms with Gasteiger partial charge in [-0.25, -0.2) is 0 Å². The Labute approximate surface area is 133 Å². The summed E-state index contributed by atoms with van der Waals surface area (Å²) in [6.07, 6.45) is 2.50. The first-order valence-corrected chi connectivity index (χ1v) is 8.68. The predicted molar refractivity (Wildman–Crippen MR) is 80.0 cm³/mol. The minimum Gasteiger partial charge on any atom is -0.464 e. The van der Waals surface area contributed by atoms with Gasteiger partial charge in [-0.3, -0.25) is 4.90 Å². The summed E-state index contributed by atoms with van der Waals surface area (Å²) in [5, 5.41) is 0. The molecular weight excluding hydrogens is 312 g/mol. The Bertz CT molecular complexity index is 465. The summed E-state index contributed by atoms with van der Waals surface area (Å²) in [6, 6.07) is 3.65. The van der Waals surface area contributed by atoms with Crippen molar-refractivity contribution in [1.82, 2.24) is 4.90 Å². The summed E-state index contributed by atoms with van der Waals surface area (Å²) in [7, 11) is 0. The van der Waals surface area contributed by atoms with Gasteiger partial charge in [-0.2, -0.15) is 8.78 Å². The summed E-state index contributed by atoms with van der Waals surface area (Å²) >= 11 is 0.584. The van der Waals surface area contributed by atoms with Crippen molar-refractivity contribution in [1.29, 1.82) is 0 Å². The molecule has 1 aromatic rings. The van der Waals surface area contributed by atoms with Crippen molar-refractivity contribution in [2.24, 2.45) is 0 Å². The molecule has 1 aromatic heterocycles. The van der Waals surface area contributed by atoms with Gasteiger partial charge in [0, 0.05) is 19.7 Å². The van der Waals surface area contributed by atoms with Crippen LogP contribution in [0.1, 0.15) is 24.4 Å². The maximum Gasteiger partial charge on any atom is 0.284 e. The van der Waals surface area contributed by atoms with Crippen LogP contribution in [0.5, 0.6) is 0 Å². The fourth-order valence-electron chi connectivity index (χ4n) is 2.95. The van der Waals surface area contributed by atoms with Gasteiger partial charge in [0.2, 0.25) is 0 Å². The van der Waals surface area contributed by atoms with Crippen LogP contribution in [0.2, 0.25) is 0 Å². The molecule has 2 aliphatic rings. The number of morpholine rings is 1. The van der Waals surface area contributed by atoms with E-state index in [0.29, 0.717) is 30.7 Å². The molecule has 0 spiro atoms. The lowest BCUT2D eigenvalue weighted by Gasteiger charge is -2.34. The molecule has 7 heteroatoms. The average molecular weight is 333 g/mol. The third-order valence-electron chi connectivity index (χ3n) is 4.01. The summed E-state index contributed by atoms with van der Waals surface area (Å²) < 4.78 is 41.5. The third kappa shape index (κ3) is 4.44. The zero-order chi connectivity index (χ0) is 15.4. The molecule has 0 radical (unpaired) electrons. The molecule has 2 fully saturated rings. The van der Waals surface area contributed by atoms with Gasteiger partial charge in [0.25, 0.3) is 5.76 Å².